The summed E-state index contributed by atoms with van der Waals surface area (Å²) in [6.07, 6.45) is 5.34. The molecule has 2 aliphatic heterocycles. The van der Waals surface area contributed by atoms with Crippen LogP contribution in [-0.4, -0.2) is 42.2 Å². The highest BCUT2D eigenvalue weighted by Crippen LogP contribution is 2.33. The molecule has 1 fully saturated rings. The van der Waals surface area contributed by atoms with Crippen molar-refractivity contribution in [3.63, 3.8) is 0 Å². The number of ether oxygens (including phenoxy) is 2. The van der Waals surface area contributed by atoms with Gasteiger partial charge in [0.25, 0.3) is 0 Å². The lowest BCUT2D eigenvalue weighted by atomic mass is 9.96. The molecule has 0 unspecified atom stereocenters. The Kier molecular flexibility index (Phi) is 5.50. The Labute approximate surface area is 142 Å². The Hall–Kier alpha value is -1.89. The van der Waals surface area contributed by atoms with E-state index in [1.54, 1.807) is 4.90 Å². The van der Waals surface area contributed by atoms with Gasteiger partial charge in [-0.1, -0.05) is 13.3 Å². The average molecular weight is 334 g/mol. The molecule has 7 heteroatoms. The average Bonchev–Trinajstić information content (AvgIpc) is 2.90. The van der Waals surface area contributed by atoms with Gasteiger partial charge in [0.1, 0.15) is 11.6 Å². The number of hydrogen-bond acceptors (Lipinski definition) is 6. The molecule has 3 heterocycles. The van der Waals surface area contributed by atoms with Gasteiger partial charge in [-0.25, -0.2) is 0 Å². The monoisotopic (exact) mass is 334 g/mol. The summed E-state index contributed by atoms with van der Waals surface area (Å²) in [6, 6.07) is 0.269. The van der Waals surface area contributed by atoms with E-state index < -0.39 is 0 Å². The maximum Gasteiger partial charge on any atom is 0.320 e. The van der Waals surface area contributed by atoms with Crippen LogP contribution in [0.5, 0.6) is 6.01 Å². The second-order valence-electron chi connectivity index (χ2n) is 6.46. The maximum absolute atomic E-state index is 12.4. The molecule has 24 heavy (non-hydrogen) atoms. The van der Waals surface area contributed by atoms with Gasteiger partial charge in [-0.3, -0.25) is 9.69 Å². The quantitative estimate of drug-likeness (QED) is 0.766. The number of unbranched alkanes of at least 4 members (excludes halogenated alkanes) is 1. The van der Waals surface area contributed by atoms with Crippen molar-refractivity contribution in [3.8, 4) is 6.01 Å². The van der Waals surface area contributed by atoms with E-state index in [9.17, 15) is 4.79 Å². The van der Waals surface area contributed by atoms with Crippen LogP contribution in [0.4, 0.5) is 11.6 Å². The van der Waals surface area contributed by atoms with Gasteiger partial charge in [-0.15, -0.1) is 0 Å². The van der Waals surface area contributed by atoms with Crippen molar-refractivity contribution in [2.45, 2.75) is 45.4 Å². The molecule has 0 radical (unpaired) electrons. The van der Waals surface area contributed by atoms with E-state index in [2.05, 4.69) is 16.9 Å². The molecular weight excluding hydrogens is 308 g/mol. The van der Waals surface area contributed by atoms with Crippen LogP contribution in [-0.2, 0) is 16.0 Å². The molecule has 1 aromatic rings. The van der Waals surface area contributed by atoms with Crippen molar-refractivity contribution < 1.29 is 14.3 Å². The molecule has 1 saturated heterocycles. The van der Waals surface area contributed by atoms with Crippen molar-refractivity contribution in [2.75, 3.05) is 37.0 Å². The largest absolute Gasteiger partial charge is 0.463 e. The first-order valence-corrected chi connectivity index (χ1v) is 8.86. The van der Waals surface area contributed by atoms with Crippen LogP contribution in [0.2, 0.25) is 0 Å². The standard InChI is InChI=1S/C17H26N4O3/c1-2-3-8-24-17-19-15(18)13-11-14(22)21(16(13)20-17)7-4-12-5-9-23-10-6-12/h12H,2-11H2,1H3,(H2,18,19,20). The van der Waals surface area contributed by atoms with Crippen LogP contribution >= 0.6 is 0 Å². The molecule has 0 aliphatic carbocycles. The molecule has 7 nitrogen and oxygen atoms in total. The highest BCUT2D eigenvalue weighted by molar-refractivity contribution is 6.01. The Balaban J connectivity index is 1.69. The zero-order chi connectivity index (χ0) is 16.9. The zero-order valence-electron chi connectivity index (χ0n) is 14.3. The van der Waals surface area contributed by atoms with E-state index in [-0.39, 0.29) is 18.3 Å². The molecular formula is C17H26N4O3. The third kappa shape index (κ3) is 3.77. The van der Waals surface area contributed by atoms with E-state index in [0.717, 1.165) is 50.9 Å². The number of nitrogen functional groups attached to an aromatic ring is 1. The minimum absolute atomic E-state index is 0.0452. The lowest BCUT2D eigenvalue weighted by Gasteiger charge is -2.24. The van der Waals surface area contributed by atoms with Gasteiger partial charge in [-0.2, -0.15) is 9.97 Å². The third-order valence-electron chi connectivity index (χ3n) is 4.71. The van der Waals surface area contributed by atoms with Crippen LogP contribution < -0.4 is 15.4 Å². The SMILES string of the molecule is CCCCOc1nc(N)c2c(n1)N(CCC1CCOCC1)C(=O)C2. The zero-order valence-corrected chi connectivity index (χ0v) is 14.3. The number of fused-ring (bicyclic) bond motifs is 1. The third-order valence-corrected chi connectivity index (χ3v) is 4.71. The van der Waals surface area contributed by atoms with E-state index in [0.29, 0.717) is 30.7 Å². The Bertz CT molecular complexity index is 587. The number of nitrogens with two attached hydrogens (primary N) is 1. The summed E-state index contributed by atoms with van der Waals surface area (Å²) in [4.78, 5) is 22.7. The molecule has 2 N–H and O–H groups in total. The molecule has 0 spiro atoms. The fourth-order valence-corrected chi connectivity index (χ4v) is 3.18. The van der Waals surface area contributed by atoms with Crippen molar-refractivity contribution in [1.29, 1.82) is 0 Å². The predicted octanol–water partition coefficient (Wildman–Crippen LogP) is 1.94. The lowest BCUT2D eigenvalue weighted by Crippen LogP contribution is -2.30. The minimum Gasteiger partial charge on any atom is -0.463 e. The van der Waals surface area contributed by atoms with E-state index >= 15 is 0 Å². The normalized spacial score (nSPS) is 18.0. The summed E-state index contributed by atoms with van der Waals surface area (Å²) in [5.41, 5.74) is 6.75. The van der Waals surface area contributed by atoms with Gasteiger partial charge >= 0.3 is 6.01 Å². The number of anilines is 2. The first-order chi connectivity index (χ1) is 11.7. The van der Waals surface area contributed by atoms with Crippen molar-refractivity contribution in [3.05, 3.63) is 5.56 Å². The van der Waals surface area contributed by atoms with Crippen LogP contribution in [0.15, 0.2) is 0 Å². The van der Waals surface area contributed by atoms with Gasteiger partial charge in [0, 0.05) is 25.3 Å². The van der Waals surface area contributed by atoms with E-state index in [4.69, 9.17) is 15.2 Å². The topological polar surface area (TPSA) is 90.6 Å². The van der Waals surface area contributed by atoms with Gasteiger partial charge in [0.2, 0.25) is 5.91 Å². The van der Waals surface area contributed by atoms with Crippen molar-refractivity contribution in [2.24, 2.45) is 5.92 Å². The van der Waals surface area contributed by atoms with Gasteiger partial charge in [-0.05, 0) is 31.6 Å². The van der Waals surface area contributed by atoms with Crippen LogP contribution in [0.3, 0.4) is 0 Å². The van der Waals surface area contributed by atoms with Crippen molar-refractivity contribution in [1.82, 2.24) is 9.97 Å². The molecule has 132 valence electrons. The molecule has 1 aromatic heterocycles. The van der Waals surface area contributed by atoms with Crippen molar-refractivity contribution >= 4 is 17.5 Å². The summed E-state index contributed by atoms with van der Waals surface area (Å²) in [5, 5.41) is 0. The Morgan fingerprint density at radius 2 is 2.12 bits per heavy atom. The summed E-state index contributed by atoms with van der Waals surface area (Å²) in [6.45, 7) is 4.96. The smallest absolute Gasteiger partial charge is 0.320 e. The number of carbonyl (C=O) groups excluding carboxylic acids is 1. The second-order valence-corrected chi connectivity index (χ2v) is 6.46. The molecule has 3 rings (SSSR count). The number of aromatic nitrogens is 2. The predicted molar refractivity (Wildman–Crippen MR) is 91.1 cm³/mol. The molecule has 0 bridgehead atoms. The number of hydrogen-bond donors (Lipinski definition) is 1. The highest BCUT2D eigenvalue weighted by atomic mass is 16.5. The lowest BCUT2D eigenvalue weighted by molar-refractivity contribution is -0.117. The Morgan fingerprint density at radius 1 is 1.33 bits per heavy atom. The summed E-state index contributed by atoms with van der Waals surface area (Å²) in [5.74, 6) is 1.64. The Morgan fingerprint density at radius 3 is 2.88 bits per heavy atom. The molecule has 0 saturated carbocycles. The van der Waals surface area contributed by atoms with E-state index in [1.165, 1.54) is 0 Å². The van der Waals surface area contributed by atoms with Crippen LogP contribution in [0.25, 0.3) is 0 Å². The minimum atomic E-state index is 0.0452. The molecule has 0 atom stereocenters. The number of carbonyl (C=O) groups is 1. The van der Waals surface area contributed by atoms with E-state index in [1.807, 2.05) is 0 Å². The fraction of sp³-hybridized carbons (Fsp3) is 0.706. The first kappa shape index (κ1) is 17.0. The van der Waals surface area contributed by atoms with Gasteiger partial charge in [0.05, 0.1) is 13.0 Å². The first-order valence-electron chi connectivity index (χ1n) is 8.86. The second kappa shape index (κ2) is 7.79. The number of nitrogens with zero attached hydrogens (tertiary/aromatic N) is 3. The van der Waals surface area contributed by atoms with Crippen LogP contribution in [0.1, 0.15) is 44.6 Å². The summed E-state index contributed by atoms with van der Waals surface area (Å²) in [7, 11) is 0. The molecule has 1 amide bonds. The fourth-order valence-electron chi connectivity index (χ4n) is 3.18. The van der Waals surface area contributed by atoms with Gasteiger partial charge in [0.15, 0.2) is 0 Å². The number of rotatable bonds is 7. The van der Waals surface area contributed by atoms with Crippen LogP contribution in [0, 0.1) is 5.92 Å². The molecule has 0 aromatic carbocycles. The summed E-state index contributed by atoms with van der Waals surface area (Å²) < 4.78 is 11.0. The highest BCUT2D eigenvalue weighted by Gasteiger charge is 2.32. The van der Waals surface area contributed by atoms with Gasteiger partial charge < -0.3 is 15.2 Å². The number of amides is 1. The molecule has 2 aliphatic rings. The maximum atomic E-state index is 12.4. The summed E-state index contributed by atoms with van der Waals surface area (Å²) >= 11 is 0.